The Hall–Kier alpha value is -2.43. The average molecular weight is 386 g/mol. The van der Waals surface area contributed by atoms with E-state index < -0.39 is 11.7 Å². The third kappa shape index (κ3) is 3.89. The smallest absolute Gasteiger partial charge is 0.420 e. The molecule has 1 aliphatic carbocycles. The van der Waals surface area contributed by atoms with Gasteiger partial charge in [-0.2, -0.15) is 13.2 Å². The molecule has 0 spiro atoms. The van der Waals surface area contributed by atoms with Gasteiger partial charge in [-0.3, -0.25) is 0 Å². The molecule has 4 rings (SSSR count). The highest BCUT2D eigenvalue weighted by atomic mass is 19.4. The Labute approximate surface area is 162 Å². The topological polar surface area (TPSA) is 25.0 Å². The summed E-state index contributed by atoms with van der Waals surface area (Å²) in [6, 6.07) is 10.4. The molecular weight excluding hydrogens is 363 g/mol. The Kier molecular flexibility index (Phi) is 5.09. The van der Waals surface area contributed by atoms with E-state index in [0.29, 0.717) is 17.2 Å². The van der Waals surface area contributed by atoms with E-state index in [2.05, 4.69) is 11.1 Å². The number of halogens is 3. The molecule has 2 nitrogen and oxygen atoms in total. The molecule has 1 heterocycles. The molecule has 147 valence electrons. The molecule has 0 amide bonds. The van der Waals surface area contributed by atoms with Gasteiger partial charge in [-0.15, -0.1) is 0 Å². The normalized spacial score (nSPS) is 15.9. The quantitative estimate of drug-likeness (QED) is 0.503. The summed E-state index contributed by atoms with van der Waals surface area (Å²) < 4.78 is 45.8. The van der Waals surface area contributed by atoms with E-state index in [9.17, 15) is 13.2 Å². The minimum absolute atomic E-state index is 0.157. The van der Waals surface area contributed by atoms with Crippen LogP contribution in [0.2, 0.25) is 0 Å². The second-order valence-electron chi connectivity index (χ2n) is 7.71. The van der Waals surface area contributed by atoms with E-state index in [1.165, 1.54) is 43.7 Å². The van der Waals surface area contributed by atoms with Crippen molar-refractivity contribution in [3.8, 4) is 11.5 Å². The van der Waals surface area contributed by atoms with Gasteiger partial charge < -0.3 is 9.72 Å². The van der Waals surface area contributed by atoms with Crippen LogP contribution in [0, 0.1) is 18.9 Å². The van der Waals surface area contributed by atoms with Gasteiger partial charge in [-0.25, -0.2) is 0 Å². The third-order valence-corrected chi connectivity index (χ3v) is 5.63. The number of rotatable bonds is 4. The van der Waals surface area contributed by atoms with Crippen molar-refractivity contribution in [2.24, 2.45) is 5.92 Å². The van der Waals surface area contributed by atoms with Crippen molar-refractivity contribution in [1.29, 1.82) is 0 Å². The number of aromatic amines is 1. The van der Waals surface area contributed by atoms with E-state index in [1.54, 1.807) is 13.0 Å². The van der Waals surface area contributed by atoms with Crippen molar-refractivity contribution in [2.75, 3.05) is 0 Å². The van der Waals surface area contributed by atoms with Gasteiger partial charge >= 0.3 is 6.18 Å². The van der Waals surface area contributed by atoms with Crippen molar-refractivity contribution < 1.29 is 17.9 Å². The summed E-state index contributed by atoms with van der Waals surface area (Å²) in [4.78, 5) is 3.28. The highest BCUT2D eigenvalue weighted by Crippen LogP contribution is 2.40. The van der Waals surface area contributed by atoms with Crippen LogP contribution < -0.4 is 4.74 Å². The number of nitrogens with one attached hydrogen (secondary N) is 1. The minimum Gasteiger partial charge on any atom is -0.456 e. The molecule has 5 heteroatoms. The third-order valence-electron chi connectivity index (χ3n) is 5.63. The number of ether oxygens (including phenoxy) is 1. The maximum atomic E-state index is 13.4. The SMILES string of the molecule is Cc1c[c]cc(C(F)(F)F)c1Oc1ccc2[nH]cc(CC3CCCCC3)c2c1. The molecule has 1 N–H and O–H groups in total. The first-order chi connectivity index (χ1) is 13.4. The van der Waals surface area contributed by atoms with E-state index in [4.69, 9.17) is 4.74 Å². The van der Waals surface area contributed by atoms with E-state index >= 15 is 0 Å². The average Bonchev–Trinajstić information content (AvgIpc) is 3.05. The van der Waals surface area contributed by atoms with Gasteiger partial charge in [0, 0.05) is 17.1 Å². The summed E-state index contributed by atoms with van der Waals surface area (Å²) in [5, 5.41) is 1.02. The monoisotopic (exact) mass is 386 g/mol. The lowest BCUT2D eigenvalue weighted by molar-refractivity contribution is -0.138. The zero-order valence-corrected chi connectivity index (χ0v) is 15.8. The predicted octanol–water partition coefficient (Wildman–Crippen LogP) is 7.21. The highest BCUT2D eigenvalue weighted by Gasteiger charge is 2.35. The van der Waals surface area contributed by atoms with Gasteiger partial charge in [0.05, 0.1) is 5.56 Å². The van der Waals surface area contributed by atoms with Crippen LogP contribution in [-0.4, -0.2) is 4.98 Å². The van der Waals surface area contributed by atoms with Crippen molar-refractivity contribution >= 4 is 10.9 Å². The Morgan fingerprint density at radius 2 is 1.93 bits per heavy atom. The molecule has 1 fully saturated rings. The molecule has 1 aromatic heterocycles. The van der Waals surface area contributed by atoms with Crippen molar-refractivity contribution in [3.05, 3.63) is 59.3 Å². The van der Waals surface area contributed by atoms with Crippen LogP contribution in [0.15, 0.2) is 36.5 Å². The van der Waals surface area contributed by atoms with Gasteiger partial charge in [0.15, 0.2) is 0 Å². The minimum atomic E-state index is -4.48. The predicted molar refractivity (Wildman–Crippen MR) is 104 cm³/mol. The van der Waals surface area contributed by atoms with Gasteiger partial charge in [0.1, 0.15) is 11.5 Å². The van der Waals surface area contributed by atoms with Crippen LogP contribution in [-0.2, 0) is 12.6 Å². The first-order valence-electron chi connectivity index (χ1n) is 9.77. The Morgan fingerprint density at radius 3 is 2.68 bits per heavy atom. The molecule has 1 aliphatic rings. The first kappa shape index (κ1) is 18.9. The summed E-state index contributed by atoms with van der Waals surface area (Å²) in [5.41, 5.74) is 1.80. The molecule has 3 aromatic rings. The highest BCUT2D eigenvalue weighted by molar-refractivity contribution is 5.84. The molecule has 0 saturated heterocycles. The van der Waals surface area contributed by atoms with Gasteiger partial charge in [-0.05, 0) is 66.8 Å². The van der Waals surface area contributed by atoms with Gasteiger partial charge in [0.2, 0.25) is 0 Å². The second-order valence-corrected chi connectivity index (χ2v) is 7.71. The largest absolute Gasteiger partial charge is 0.456 e. The number of alkyl halides is 3. The van der Waals surface area contributed by atoms with E-state index in [1.807, 2.05) is 18.3 Å². The summed E-state index contributed by atoms with van der Waals surface area (Å²) in [5.74, 6) is 0.938. The summed E-state index contributed by atoms with van der Waals surface area (Å²) in [7, 11) is 0. The van der Waals surface area contributed by atoms with Gasteiger partial charge in [-0.1, -0.05) is 32.1 Å². The van der Waals surface area contributed by atoms with Crippen LogP contribution in [0.4, 0.5) is 13.2 Å². The molecule has 0 aliphatic heterocycles. The van der Waals surface area contributed by atoms with E-state index in [0.717, 1.165) is 23.4 Å². The van der Waals surface area contributed by atoms with Crippen LogP contribution in [0.1, 0.15) is 48.8 Å². The number of aromatic nitrogens is 1. The maximum Gasteiger partial charge on any atom is 0.420 e. The fraction of sp³-hybridized carbons (Fsp3) is 0.391. The van der Waals surface area contributed by atoms with Crippen molar-refractivity contribution in [2.45, 2.75) is 51.6 Å². The second kappa shape index (κ2) is 7.53. The number of benzene rings is 2. The van der Waals surface area contributed by atoms with Crippen LogP contribution in [0.5, 0.6) is 11.5 Å². The van der Waals surface area contributed by atoms with Gasteiger partial charge in [0.25, 0.3) is 0 Å². The molecule has 2 aromatic carbocycles. The van der Waals surface area contributed by atoms with Crippen molar-refractivity contribution in [3.63, 3.8) is 0 Å². The molecule has 1 saturated carbocycles. The number of hydrogen-bond donors (Lipinski definition) is 1. The molecule has 1 radical (unpaired) electrons. The first-order valence-corrected chi connectivity index (χ1v) is 9.77. The molecule has 0 unspecified atom stereocenters. The Bertz CT molecular complexity index is 968. The summed E-state index contributed by atoms with van der Waals surface area (Å²) >= 11 is 0. The number of aryl methyl sites for hydroxylation is 1. The molecular formula is C23H23F3NO. The number of fused-ring (bicyclic) bond motifs is 1. The summed E-state index contributed by atoms with van der Waals surface area (Å²) in [6.45, 7) is 1.60. The fourth-order valence-corrected chi connectivity index (χ4v) is 4.15. The zero-order valence-electron chi connectivity index (χ0n) is 15.8. The lowest BCUT2D eigenvalue weighted by Crippen LogP contribution is -2.09. The summed E-state index contributed by atoms with van der Waals surface area (Å²) in [6.07, 6.45) is 4.91. The van der Waals surface area contributed by atoms with Crippen molar-refractivity contribution in [1.82, 2.24) is 4.98 Å². The van der Waals surface area contributed by atoms with Crippen LogP contribution >= 0.6 is 0 Å². The lowest BCUT2D eigenvalue weighted by atomic mass is 9.85. The fourth-order valence-electron chi connectivity index (χ4n) is 4.15. The number of H-pyrrole nitrogens is 1. The Morgan fingerprint density at radius 1 is 1.14 bits per heavy atom. The lowest BCUT2D eigenvalue weighted by Gasteiger charge is -2.21. The van der Waals surface area contributed by atoms with Crippen LogP contribution in [0.3, 0.4) is 0 Å². The zero-order chi connectivity index (χ0) is 19.7. The van der Waals surface area contributed by atoms with Crippen LogP contribution in [0.25, 0.3) is 10.9 Å². The molecule has 0 bridgehead atoms. The maximum absolute atomic E-state index is 13.4. The molecule has 28 heavy (non-hydrogen) atoms. The van der Waals surface area contributed by atoms with E-state index in [-0.39, 0.29) is 5.75 Å². The molecule has 0 atom stereocenters. The number of hydrogen-bond acceptors (Lipinski definition) is 1. The Balaban J connectivity index is 1.65. The standard InChI is InChI=1S/C23H23F3NO/c1-15-6-5-9-20(23(24,25)26)22(15)28-18-10-11-21-19(13-18)17(14-27-21)12-16-7-3-2-4-8-16/h6,9-11,13-14,16,27H,2-4,7-8,12H2,1H3.